The number of rotatable bonds is 6. The maximum Gasteiger partial charge on any atom is 0.119 e. The van der Waals surface area contributed by atoms with Gasteiger partial charge in [0.15, 0.2) is 0 Å². The molecule has 0 radical (unpaired) electrons. The molecule has 1 aromatic heterocycles. The topological polar surface area (TPSA) is 34.1 Å². The van der Waals surface area contributed by atoms with E-state index < -0.39 is 0 Å². The molecule has 1 N–H and O–H groups in total. The van der Waals surface area contributed by atoms with E-state index in [2.05, 4.69) is 42.3 Å². The van der Waals surface area contributed by atoms with Crippen LogP contribution in [0.1, 0.15) is 43.6 Å². The molecule has 0 spiro atoms. The summed E-state index contributed by atoms with van der Waals surface area (Å²) in [4.78, 5) is 4.40. The lowest BCUT2D eigenvalue weighted by atomic mass is 9.97. The van der Waals surface area contributed by atoms with Crippen LogP contribution in [0.4, 0.5) is 0 Å². The Kier molecular flexibility index (Phi) is 5.34. The fourth-order valence-corrected chi connectivity index (χ4v) is 2.42. The first-order valence-electron chi connectivity index (χ1n) is 7.53. The van der Waals surface area contributed by atoms with Gasteiger partial charge in [-0.05, 0) is 56.6 Å². The van der Waals surface area contributed by atoms with Crippen molar-refractivity contribution >= 4 is 0 Å². The second kappa shape index (κ2) is 7.23. The first kappa shape index (κ1) is 15.5. The van der Waals surface area contributed by atoms with Gasteiger partial charge in [0.2, 0.25) is 0 Å². The van der Waals surface area contributed by atoms with Crippen molar-refractivity contribution in [2.45, 2.75) is 39.8 Å². The Morgan fingerprint density at radius 2 is 1.86 bits per heavy atom. The maximum atomic E-state index is 5.71. The van der Waals surface area contributed by atoms with Gasteiger partial charge in [0.05, 0.1) is 12.1 Å². The zero-order valence-electron chi connectivity index (χ0n) is 13.3. The highest BCUT2D eigenvalue weighted by atomic mass is 16.5. The van der Waals surface area contributed by atoms with Crippen LogP contribution in [-0.2, 0) is 0 Å². The number of nitrogens with zero attached hydrogens (tertiary/aromatic N) is 1. The van der Waals surface area contributed by atoms with Crippen molar-refractivity contribution in [3.63, 3.8) is 0 Å². The number of ether oxygens (including phenoxy) is 1. The van der Waals surface area contributed by atoms with Crippen molar-refractivity contribution in [2.75, 3.05) is 6.54 Å². The number of hydrogen-bond acceptors (Lipinski definition) is 3. The fraction of sp³-hybridized carbons (Fsp3) is 0.389. The molecule has 0 aliphatic rings. The molecule has 112 valence electrons. The van der Waals surface area contributed by atoms with Crippen molar-refractivity contribution in [3.8, 4) is 5.75 Å². The Morgan fingerprint density at radius 3 is 2.43 bits per heavy atom. The van der Waals surface area contributed by atoms with Crippen LogP contribution in [0.15, 0.2) is 42.6 Å². The van der Waals surface area contributed by atoms with E-state index in [1.807, 2.05) is 38.2 Å². The summed E-state index contributed by atoms with van der Waals surface area (Å²) in [6, 6.07) is 12.6. The molecule has 0 amide bonds. The summed E-state index contributed by atoms with van der Waals surface area (Å²) in [5.74, 6) is 0.909. The molecule has 1 heterocycles. The maximum absolute atomic E-state index is 5.71. The van der Waals surface area contributed by atoms with E-state index in [9.17, 15) is 0 Å². The lowest BCUT2D eigenvalue weighted by molar-refractivity contribution is 0.242. The molecule has 3 heteroatoms. The first-order chi connectivity index (χ1) is 10.1. The lowest BCUT2D eigenvalue weighted by Crippen LogP contribution is -2.23. The molecule has 21 heavy (non-hydrogen) atoms. The molecule has 1 atom stereocenters. The van der Waals surface area contributed by atoms with Crippen LogP contribution in [0.5, 0.6) is 5.75 Å². The van der Waals surface area contributed by atoms with Crippen LogP contribution in [0.3, 0.4) is 0 Å². The highest BCUT2D eigenvalue weighted by Crippen LogP contribution is 2.25. The molecule has 0 fully saturated rings. The third-order valence-corrected chi connectivity index (χ3v) is 3.35. The van der Waals surface area contributed by atoms with Gasteiger partial charge in [-0.15, -0.1) is 0 Å². The third kappa shape index (κ3) is 4.05. The van der Waals surface area contributed by atoms with Gasteiger partial charge in [-0.1, -0.05) is 25.1 Å². The smallest absolute Gasteiger partial charge is 0.119 e. The van der Waals surface area contributed by atoms with Crippen molar-refractivity contribution in [1.29, 1.82) is 0 Å². The van der Waals surface area contributed by atoms with E-state index >= 15 is 0 Å². The third-order valence-electron chi connectivity index (χ3n) is 3.35. The van der Waals surface area contributed by atoms with Crippen LogP contribution in [0, 0.1) is 6.92 Å². The number of aromatic nitrogens is 1. The minimum absolute atomic E-state index is 0.164. The van der Waals surface area contributed by atoms with Crippen molar-refractivity contribution in [1.82, 2.24) is 10.3 Å². The Morgan fingerprint density at radius 1 is 1.14 bits per heavy atom. The van der Waals surface area contributed by atoms with Crippen LogP contribution in [-0.4, -0.2) is 17.6 Å². The van der Waals surface area contributed by atoms with E-state index in [4.69, 9.17) is 4.74 Å². The zero-order valence-corrected chi connectivity index (χ0v) is 13.3. The summed E-state index contributed by atoms with van der Waals surface area (Å²) in [5.41, 5.74) is 3.51. The average Bonchev–Trinajstić information content (AvgIpc) is 2.46. The molecular formula is C18H24N2O. The molecule has 0 bridgehead atoms. The molecular weight excluding hydrogens is 260 g/mol. The summed E-state index contributed by atoms with van der Waals surface area (Å²) in [5, 5.41) is 3.54. The molecule has 2 rings (SSSR count). The summed E-state index contributed by atoms with van der Waals surface area (Å²) in [6.07, 6.45) is 2.03. The molecule has 1 aromatic carbocycles. The van der Waals surface area contributed by atoms with Gasteiger partial charge in [-0.2, -0.15) is 0 Å². The van der Waals surface area contributed by atoms with Crippen LogP contribution >= 0.6 is 0 Å². The van der Waals surface area contributed by atoms with E-state index in [1.165, 1.54) is 11.1 Å². The van der Waals surface area contributed by atoms with Gasteiger partial charge in [0.25, 0.3) is 0 Å². The molecule has 3 nitrogen and oxygen atoms in total. The van der Waals surface area contributed by atoms with Crippen molar-refractivity contribution < 1.29 is 4.74 Å². The van der Waals surface area contributed by atoms with Crippen LogP contribution < -0.4 is 10.1 Å². The Balaban J connectivity index is 2.28. The average molecular weight is 284 g/mol. The summed E-state index contributed by atoms with van der Waals surface area (Å²) >= 11 is 0. The monoisotopic (exact) mass is 284 g/mol. The van der Waals surface area contributed by atoms with Crippen molar-refractivity contribution in [3.05, 3.63) is 59.4 Å². The standard InChI is InChI=1S/C18H24N2O/c1-5-19-18(17-7-6-12-20-14(17)4)15-8-10-16(11-9-15)21-13(2)3/h6-13,18-19H,5H2,1-4H3. The SMILES string of the molecule is CCNC(c1ccc(OC(C)C)cc1)c1cccnc1C. The van der Waals surface area contributed by atoms with Crippen LogP contribution in [0.2, 0.25) is 0 Å². The van der Waals surface area contributed by atoms with Crippen LogP contribution in [0.25, 0.3) is 0 Å². The predicted molar refractivity (Wildman–Crippen MR) is 86.7 cm³/mol. The first-order valence-corrected chi connectivity index (χ1v) is 7.53. The number of nitrogens with one attached hydrogen (secondary N) is 1. The molecule has 0 saturated heterocycles. The summed E-state index contributed by atoms with van der Waals surface area (Å²) < 4.78 is 5.71. The van der Waals surface area contributed by atoms with Gasteiger partial charge in [-0.3, -0.25) is 4.98 Å². The molecule has 2 aromatic rings. The summed E-state index contributed by atoms with van der Waals surface area (Å²) in [6.45, 7) is 9.15. The van der Waals surface area contributed by atoms with Gasteiger partial charge in [-0.25, -0.2) is 0 Å². The number of benzene rings is 1. The highest BCUT2D eigenvalue weighted by Gasteiger charge is 2.15. The minimum Gasteiger partial charge on any atom is -0.491 e. The molecule has 0 aliphatic heterocycles. The lowest BCUT2D eigenvalue weighted by Gasteiger charge is -2.21. The zero-order chi connectivity index (χ0) is 15.2. The Bertz CT molecular complexity index is 564. The largest absolute Gasteiger partial charge is 0.491 e. The van der Waals surface area contributed by atoms with Gasteiger partial charge in [0.1, 0.15) is 5.75 Å². The van der Waals surface area contributed by atoms with E-state index in [0.29, 0.717) is 0 Å². The number of aryl methyl sites for hydroxylation is 1. The normalized spacial score (nSPS) is 12.4. The minimum atomic E-state index is 0.164. The quantitative estimate of drug-likeness (QED) is 0.874. The van der Waals surface area contributed by atoms with Gasteiger partial charge >= 0.3 is 0 Å². The van der Waals surface area contributed by atoms with E-state index in [1.54, 1.807) is 0 Å². The second-order valence-corrected chi connectivity index (χ2v) is 5.40. The van der Waals surface area contributed by atoms with Gasteiger partial charge in [0, 0.05) is 11.9 Å². The summed E-state index contributed by atoms with van der Waals surface area (Å²) in [7, 11) is 0. The molecule has 1 unspecified atom stereocenters. The number of hydrogen-bond donors (Lipinski definition) is 1. The Hall–Kier alpha value is -1.87. The van der Waals surface area contributed by atoms with E-state index in [0.717, 1.165) is 18.0 Å². The molecule has 0 saturated carbocycles. The predicted octanol–water partition coefficient (Wildman–Crippen LogP) is 3.88. The highest BCUT2D eigenvalue weighted by molar-refractivity contribution is 5.36. The second-order valence-electron chi connectivity index (χ2n) is 5.40. The Labute approximate surface area is 127 Å². The molecule has 0 aliphatic carbocycles. The number of pyridine rings is 1. The van der Waals surface area contributed by atoms with Crippen molar-refractivity contribution in [2.24, 2.45) is 0 Å². The van der Waals surface area contributed by atoms with Gasteiger partial charge < -0.3 is 10.1 Å². The van der Waals surface area contributed by atoms with E-state index in [-0.39, 0.29) is 12.1 Å². The fourth-order valence-electron chi connectivity index (χ4n) is 2.42.